The maximum Gasteiger partial charge on any atom is 0.244 e. The summed E-state index contributed by atoms with van der Waals surface area (Å²) in [4.78, 5) is 21.6. The van der Waals surface area contributed by atoms with Gasteiger partial charge in [-0.1, -0.05) is 13.8 Å². The largest absolute Gasteiger partial charge is 0.308 e. The van der Waals surface area contributed by atoms with E-state index in [1.165, 1.54) is 6.33 Å². The zero-order valence-electron chi connectivity index (χ0n) is 9.55. The summed E-state index contributed by atoms with van der Waals surface area (Å²) in [6.45, 7) is 4.82. The molecule has 86 valence electrons. The maximum atomic E-state index is 12.0. The molecule has 1 saturated heterocycles. The molecule has 16 heavy (non-hydrogen) atoms. The molecule has 1 aliphatic heterocycles. The molecule has 0 bridgehead atoms. The van der Waals surface area contributed by atoms with Gasteiger partial charge in [0.25, 0.3) is 0 Å². The van der Waals surface area contributed by atoms with E-state index in [0.717, 1.165) is 18.7 Å². The SMILES string of the molecule is CC(C)NC1CCN(c2cncnc2)C1=O. The smallest absolute Gasteiger partial charge is 0.244 e. The summed E-state index contributed by atoms with van der Waals surface area (Å²) in [6, 6.07) is 0.251. The fraction of sp³-hybridized carbons (Fsp3) is 0.545. The number of aromatic nitrogens is 2. The van der Waals surface area contributed by atoms with E-state index in [2.05, 4.69) is 15.3 Å². The Kier molecular flexibility index (Phi) is 3.14. The lowest BCUT2D eigenvalue weighted by atomic mass is 10.2. The number of carbonyl (C=O) groups is 1. The first kappa shape index (κ1) is 11.0. The van der Waals surface area contributed by atoms with E-state index in [0.29, 0.717) is 6.04 Å². The third-order valence-corrected chi connectivity index (χ3v) is 2.60. The van der Waals surface area contributed by atoms with Gasteiger partial charge in [0.05, 0.1) is 24.1 Å². The van der Waals surface area contributed by atoms with Crippen LogP contribution in [0, 0.1) is 0 Å². The lowest BCUT2D eigenvalue weighted by Gasteiger charge is -2.17. The number of anilines is 1. The lowest BCUT2D eigenvalue weighted by Crippen LogP contribution is -2.41. The molecule has 1 aliphatic rings. The van der Waals surface area contributed by atoms with Crippen molar-refractivity contribution in [1.82, 2.24) is 15.3 Å². The first-order valence-electron chi connectivity index (χ1n) is 5.51. The van der Waals surface area contributed by atoms with Gasteiger partial charge in [-0.25, -0.2) is 9.97 Å². The number of hydrogen-bond acceptors (Lipinski definition) is 4. The van der Waals surface area contributed by atoms with Gasteiger partial charge in [0.1, 0.15) is 6.33 Å². The summed E-state index contributed by atoms with van der Waals surface area (Å²) in [6.07, 6.45) is 5.64. The molecule has 5 nitrogen and oxygen atoms in total. The Morgan fingerprint density at radius 1 is 1.44 bits per heavy atom. The van der Waals surface area contributed by atoms with Crippen molar-refractivity contribution in [2.24, 2.45) is 0 Å². The van der Waals surface area contributed by atoms with Crippen LogP contribution >= 0.6 is 0 Å². The summed E-state index contributed by atoms with van der Waals surface area (Å²) in [7, 11) is 0. The van der Waals surface area contributed by atoms with E-state index >= 15 is 0 Å². The number of rotatable bonds is 3. The van der Waals surface area contributed by atoms with Gasteiger partial charge in [0.15, 0.2) is 0 Å². The first-order valence-corrected chi connectivity index (χ1v) is 5.51. The van der Waals surface area contributed by atoms with Crippen LogP contribution in [-0.2, 0) is 4.79 Å². The van der Waals surface area contributed by atoms with Crippen LogP contribution in [0.25, 0.3) is 0 Å². The molecule has 1 aromatic heterocycles. The third-order valence-electron chi connectivity index (χ3n) is 2.60. The lowest BCUT2D eigenvalue weighted by molar-refractivity contribution is -0.118. The van der Waals surface area contributed by atoms with E-state index in [-0.39, 0.29) is 11.9 Å². The molecule has 0 spiro atoms. The number of hydrogen-bond donors (Lipinski definition) is 1. The molecule has 1 unspecified atom stereocenters. The Morgan fingerprint density at radius 3 is 2.75 bits per heavy atom. The highest BCUT2D eigenvalue weighted by molar-refractivity contribution is 5.99. The molecule has 0 aromatic carbocycles. The Labute approximate surface area is 94.9 Å². The van der Waals surface area contributed by atoms with Gasteiger partial charge in [-0.2, -0.15) is 0 Å². The number of nitrogens with zero attached hydrogens (tertiary/aromatic N) is 3. The van der Waals surface area contributed by atoms with Crippen LogP contribution in [-0.4, -0.2) is 34.5 Å². The minimum atomic E-state index is -0.0693. The molecule has 2 rings (SSSR count). The average molecular weight is 220 g/mol. The van der Waals surface area contributed by atoms with Crippen LogP contribution < -0.4 is 10.2 Å². The predicted octanol–water partition coefficient (Wildman–Crippen LogP) is 0.580. The van der Waals surface area contributed by atoms with E-state index in [9.17, 15) is 4.79 Å². The van der Waals surface area contributed by atoms with Crippen LogP contribution in [0.3, 0.4) is 0 Å². The van der Waals surface area contributed by atoms with Crippen molar-refractivity contribution in [2.45, 2.75) is 32.4 Å². The Balaban J connectivity index is 2.08. The van der Waals surface area contributed by atoms with Crippen molar-refractivity contribution in [3.05, 3.63) is 18.7 Å². The molecule has 1 fully saturated rings. The molecule has 0 saturated carbocycles. The van der Waals surface area contributed by atoms with Crippen LogP contribution in [0.2, 0.25) is 0 Å². The van der Waals surface area contributed by atoms with E-state index in [1.54, 1.807) is 17.3 Å². The predicted molar refractivity (Wildman–Crippen MR) is 61.1 cm³/mol. The van der Waals surface area contributed by atoms with Crippen molar-refractivity contribution >= 4 is 11.6 Å². The second-order valence-corrected chi connectivity index (χ2v) is 4.25. The van der Waals surface area contributed by atoms with Crippen LogP contribution in [0.4, 0.5) is 5.69 Å². The standard InChI is InChI=1S/C11H16N4O/c1-8(2)14-10-3-4-15(11(10)16)9-5-12-7-13-6-9/h5-8,10,14H,3-4H2,1-2H3. The Hall–Kier alpha value is -1.49. The molecule has 5 heteroatoms. The quantitative estimate of drug-likeness (QED) is 0.809. The van der Waals surface area contributed by atoms with Crippen molar-refractivity contribution in [1.29, 1.82) is 0 Å². The summed E-state index contributed by atoms with van der Waals surface area (Å²) >= 11 is 0. The van der Waals surface area contributed by atoms with Crippen molar-refractivity contribution in [2.75, 3.05) is 11.4 Å². The third kappa shape index (κ3) is 2.19. The molecule has 1 N–H and O–H groups in total. The van der Waals surface area contributed by atoms with Crippen LogP contribution in [0.5, 0.6) is 0 Å². The second kappa shape index (κ2) is 4.57. The van der Waals surface area contributed by atoms with Gasteiger partial charge in [0, 0.05) is 12.6 Å². The molecular formula is C11H16N4O. The summed E-state index contributed by atoms with van der Waals surface area (Å²) in [5.41, 5.74) is 0.778. The monoisotopic (exact) mass is 220 g/mol. The molecular weight excluding hydrogens is 204 g/mol. The Bertz CT molecular complexity index is 366. The summed E-state index contributed by atoms with van der Waals surface area (Å²) in [5, 5.41) is 3.26. The average Bonchev–Trinajstić information content (AvgIpc) is 2.61. The zero-order valence-corrected chi connectivity index (χ0v) is 9.55. The highest BCUT2D eigenvalue weighted by Gasteiger charge is 2.32. The second-order valence-electron chi connectivity index (χ2n) is 4.25. The highest BCUT2D eigenvalue weighted by atomic mass is 16.2. The fourth-order valence-electron chi connectivity index (χ4n) is 1.92. The van der Waals surface area contributed by atoms with Crippen LogP contribution in [0.15, 0.2) is 18.7 Å². The molecule has 1 atom stereocenters. The maximum absolute atomic E-state index is 12.0. The van der Waals surface area contributed by atoms with E-state index in [1.807, 2.05) is 13.8 Å². The summed E-state index contributed by atoms with van der Waals surface area (Å²) < 4.78 is 0. The number of amides is 1. The molecule has 0 radical (unpaired) electrons. The molecule has 2 heterocycles. The van der Waals surface area contributed by atoms with Crippen LogP contribution in [0.1, 0.15) is 20.3 Å². The number of nitrogens with one attached hydrogen (secondary N) is 1. The topological polar surface area (TPSA) is 58.1 Å². The normalized spacial score (nSPS) is 20.8. The van der Waals surface area contributed by atoms with Gasteiger partial charge in [0.2, 0.25) is 5.91 Å². The minimum Gasteiger partial charge on any atom is -0.308 e. The minimum absolute atomic E-state index is 0.0693. The highest BCUT2D eigenvalue weighted by Crippen LogP contribution is 2.19. The van der Waals surface area contributed by atoms with E-state index in [4.69, 9.17) is 0 Å². The Morgan fingerprint density at radius 2 is 2.12 bits per heavy atom. The van der Waals surface area contributed by atoms with E-state index < -0.39 is 0 Å². The molecule has 1 aromatic rings. The molecule has 1 amide bonds. The van der Waals surface area contributed by atoms with Gasteiger partial charge >= 0.3 is 0 Å². The summed E-state index contributed by atoms with van der Waals surface area (Å²) in [5.74, 6) is 0.114. The van der Waals surface area contributed by atoms with Gasteiger partial charge < -0.3 is 10.2 Å². The van der Waals surface area contributed by atoms with Gasteiger partial charge in [-0.15, -0.1) is 0 Å². The van der Waals surface area contributed by atoms with Crippen molar-refractivity contribution in [3.63, 3.8) is 0 Å². The van der Waals surface area contributed by atoms with Gasteiger partial charge in [-0.05, 0) is 6.42 Å². The zero-order chi connectivity index (χ0) is 11.5. The number of carbonyl (C=O) groups excluding carboxylic acids is 1. The van der Waals surface area contributed by atoms with Gasteiger partial charge in [-0.3, -0.25) is 4.79 Å². The van der Waals surface area contributed by atoms with Crippen molar-refractivity contribution < 1.29 is 4.79 Å². The van der Waals surface area contributed by atoms with Crippen molar-refractivity contribution in [3.8, 4) is 0 Å². The fourth-order valence-corrected chi connectivity index (χ4v) is 1.92. The molecule has 0 aliphatic carbocycles. The first-order chi connectivity index (χ1) is 7.68.